The van der Waals surface area contributed by atoms with E-state index in [-0.39, 0.29) is 28.5 Å². The average molecular weight is 320 g/mol. The van der Waals surface area contributed by atoms with Gasteiger partial charge in [0.05, 0.1) is 10.8 Å². The van der Waals surface area contributed by atoms with Gasteiger partial charge in [0, 0.05) is 12.1 Å². The molecule has 0 heterocycles. The lowest BCUT2D eigenvalue weighted by Crippen LogP contribution is -2.33. The zero-order valence-corrected chi connectivity index (χ0v) is 13.9. The molecule has 0 radical (unpaired) electrons. The number of carbonyl (C=O) groups excluding carboxylic acids is 1. The summed E-state index contributed by atoms with van der Waals surface area (Å²) in [6.07, 6.45) is 3.09. The topological polar surface area (TPSA) is 81.5 Å². The maximum Gasteiger partial charge on any atom is 0.309 e. The molecule has 0 aromatic heterocycles. The van der Waals surface area contributed by atoms with Gasteiger partial charge in [-0.1, -0.05) is 12.1 Å². The molecule has 6 nitrogen and oxygen atoms in total. The molecule has 0 bridgehead atoms. The van der Waals surface area contributed by atoms with Crippen LogP contribution in [0, 0.1) is 16.0 Å². The number of ether oxygens (including phenoxy) is 1. The van der Waals surface area contributed by atoms with Crippen molar-refractivity contribution in [3.8, 4) is 0 Å². The van der Waals surface area contributed by atoms with Crippen LogP contribution in [0.1, 0.15) is 46.5 Å². The van der Waals surface area contributed by atoms with Gasteiger partial charge in [0.25, 0.3) is 5.69 Å². The number of carbonyl (C=O) groups is 1. The number of nitro groups is 1. The standard InChI is InChI=1S/C17H24N2O4/c1-17(2,3)23-16(20)12-8-10-13(11-9-12)18-14-6-4-5-7-15(14)19(21)22/h4-7,12-13,18H,8-11H2,1-3H3. The fraction of sp³-hybridized carbons (Fsp3) is 0.588. The van der Waals surface area contributed by atoms with E-state index in [2.05, 4.69) is 5.32 Å². The van der Waals surface area contributed by atoms with Crippen molar-refractivity contribution in [3.63, 3.8) is 0 Å². The van der Waals surface area contributed by atoms with Gasteiger partial charge >= 0.3 is 5.97 Å². The van der Waals surface area contributed by atoms with Crippen molar-refractivity contribution in [1.82, 2.24) is 0 Å². The largest absolute Gasteiger partial charge is 0.460 e. The quantitative estimate of drug-likeness (QED) is 0.517. The summed E-state index contributed by atoms with van der Waals surface area (Å²) in [6, 6.07) is 6.80. The summed E-state index contributed by atoms with van der Waals surface area (Å²) >= 11 is 0. The molecular formula is C17H24N2O4. The number of rotatable bonds is 4. The lowest BCUT2D eigenvalue weighted by Gasteiger charge is -2.30. The minimum absolute atomic E-state index is 0.0713. The van der Waals surface area contributed by atoms with Crippen LogP contribution in [-0.2, 0) is 9.53 Å². The first kappa shape index (κ1) is 17.2. The van der Waals surface area contributed by atoms with Crippen molar-refractivity contribution in [3.05, 3.63) is 34.4 Å². The second-order valence-corrected chi connectivity index (χ2v) is 7.00. The first-order chi connectivity index (χ1) is 10.8. The van der Waals surface area contributed by atoms with Crippen molar-refractivity contribution in [2.75, 3.05) is 5.32 Å². The second-order valence-electron chi connectivity index (χ2n) is 7.00. The Morgan fingerprint density at radius 3 is 2.39 bits per heavy atom. The Bertz CT molecular complexity index is 572. The van der Waals surface area contributed by atoms with Gasteiger partial charge in [-0.2, -0.15) is 0 Å². The third-order valence-electron chi connectivity index (χ3n) is 3.93. The zero-order chi connectivity index (χ0) is 17.0. The molecule has 2 rings (SSSR count). The van der Waals surface area contributed by atoms with E-state index in [9.17, 15) is 14.9 Å². The van der Waals surface area contributed by atoms with Crippen LogP contribution >= 0.6 is 0 Å². The van der Waals surface area contributed by atoms with Gasteiger partial charge in [-0.3, -0.25) is 14.9 Å². The maximum atomic E-state index is 12.1. The number of nitro benzene ring substituents is 1. The van der Waals surface area contributed by atoms with Gasteiger partial charge in [0.15, 0.2) is 0 Å². The Hall–Kier alpha value is -2.11. The fourth-order valence-electron chi connectivity index (χ4n) is 2.83. The first-order valence-electron chi connectivity index (χ1n) is 7.99. The Morgan fingerprint density at radius 1 is 1.22 bits per heavy atom. The molecule has 1 aliphatic rings. The molecule has 0 spiro atoms. The highest BCUT2D eigenvalue weighted by Crippen LogP contribution is 2.31. The van der Waals surface area contributed by atoms with Crippen molar-refractivity contribution >= 4 is 17.3 Å². The highest BCUT2D eigenvalue weighted by molar-refractivity contribution is 5.73. The zero-order valence-electron chi connectivity index (χ0n) is 13.9. The Kier molecular flexibility index (Phi) is 5.23. The van der Waals surface area contributed by atoms with Crippen LogP contribution in [0.5, 0.6) is 0 Å². The van der Waals surface area contributed by atoms with Crippen molar-refractivity contribution < 1.29 is 14.5 Å². The normalized spacial score (nSPS) is 21.5. The lowest BCUT2D eigenvalue weighted by atomic mass is 9.86. The highest BCUT2D eigenvalue weighted by atomic mass is 16.6. The maximum absolute atomic E-state index is 12.1. The van der Waals surface area contributed by atoms with Gasteiger partial charge in [0.2, 0.25) is 0 Å². The molecule has 1 N–H and O–H groups in total. The molecule has 1 aliphatic carbocycles. The molecule has 0 saturated heterocycles. The fourth-order valence-corrected chi connectivity index (χ4v) is 2.83. The second kappa shape index (κ2) is 6.98. The van der Waals surface area contributed by atoms with Crippen molar-refractivity contribution in [2.45, 2.75) is 58.1 Å². The molecule has 0 unspecified atom stereocenters. The van der Waals surface area contributed by atoms with Gasteiger partial charge < -0.3 is 10.1 Å². The van der Waals surface area contributed by atoms with Crippen LogP contribution < -0.4 is 5.32 Å². The molecule has 1 aromatic rings. The number of benzene rings is 1. The molecular weight excluding hydrogens is 296 g/mol. The SMILES string of the molecule is CC(C)(C)OC(=O)C1CCC(Nc2ccccc2[N+](=O)[O-])CC1. The molecule has 1 fully saturated rings. The van der Waals surface area contributed by atoms with Crippen LogP contribution in [0.25, 0.3) is 0 Å². The molecule has 6 heteroatoms. The van der Waals surface area contributed by atoms with Crippen molar-refractivity contribution in [1.29, 1.82) is 0 Å². The van der Waals surface area contributed by atoms with Crippen LogP contribution in [0.15, 0.2) is 24.3 Å². The monoisotopic (exact) mass is 320 g/mol. The molecule has 0 amide bonds. The summed E-state index contributed by atoms with van der Waals surface area (Å²) in [6.45, 7) is 5.60. The van der Waals surface area contributed by atoms with Gasteiger partial charge in [-0.05, 0) is 52.5 Å². The van der Waals surface area contributed by atoms with E-state index >= 15 is 0 Å². The number of nitrogens with one attached hydrogen (secondary N) is 1. The van der Waals surface area contributed by atoms with E-state index in [1.165, 1.54) is 6.07 Å². The average Bonchev–Trinajstić information content (AvgIpc) is 2.46. The Balaban J connectivity index is 1.91. The number of anilines is 1. The van der Waals surface area contributed by atoms with Gasteiger partial charge in [0.1, 0.15) is 11.3 Å². The molecule has 1 saturated carbocycles. The molecule has 23 heavy (non-hydrogen) atoms. The van der Waals surface area contributed by atoms with Gasteiger partial charge in [-0.15, -0.1) is 0 Å². The molecule has 126 valence electrons. The van der Waals surface area contributed by atoms with Crippen LogP contribution in [0.3, 0.4) is 0 Å². The summed E-state index contributed by atoms with van der Waals surface area (Å²) < 4.78 is 5.43. The molecule has 1 aromatic carbocycles. The van der Waals surface area contributed by atoms with E-state index in [4.69, 9.17) is 4.74 Å². The highest BCUT2D eigenvalue weighted by Gasteiger charge is 2.30. The predicted molar refractivity (Wildman–Crippen MR) is 88.3 cm³/mol. The Morgan fingerprint density at radius 2 is 1.83 bits per heavy atom. The van der Waals surface area contributed by atoms with E-state index in [0.717, 1.165) is 25.7 Å². The third kappa shape index (κ3) is 4.94. The predicted octanol–water partition coefficient (Wildman–Crippen LogP) is 3.91. The summed E-state index contributed by atoms with van der Waals surface area (Å²) in [7, 11) is 0. The minimum atomic E-state index is -0.461. The Labute approximate surface area is 136 Å². The van der Waals surface area contributed by atoms with Crippen LogP contribution in [-0.4, -0.2) is 22.5 Å². The van der Waals surface area contributed by atoms with E-state index in [1.807, 2.05) is 20.8 Å². The van der Waals surface area contributed by atoms with E-state index in [0.29, 0.717) is 5.69 Å². The first-order valence-corrected chi connectivity index (χ1v) is 7.99. The number of esters is 1. The minimum Gasteiger partial charge on any atom is -0.460 e. The number of para-hydroxylation sites is 2. The number of hydrogen-bond donors (Lipinski definition) is 1. The summed E-state index contributed by atoms with van der Waals surface area (Å²) in [5.41, 5.74) is 0.164. The molecule has 0 aliphatic heterocycles. The third-order valence-corrected chi connectivity index (χ3v) is 3.93. The van der Waals surface area contributed by atoms with Crippen LogP contribution in [0.2, 0.25) is 0 Å². The van der Waals surface area contributed by atoms with Crippen molar-refractivity contribution in [2.24, 2.45) is 5.92 Å². The summed E-state index contributed by atoms with van der Waals surface area (Å²) in [5.74, 6) is -0.209. The summed E-state index contributed by atoms with van der Waals surface area (Å²) in [5, 5.41) is 14.3. The number of nitrogens with zero attached hydrogens (tertiary/aromatic N) is 1. The number of hydrogen-bond acceptors (Lipinski definition) is 5. The van der Waals surface area contributed by atoms with E-state index < -0.39 is 5.60 Å². The lowest BCUT2D eigenvalue weighted by molar-refractivity contribution is -0.384. The van der Waals surface area contributed by atoms with E-state index in [1.54, 1.807) is 18.2 Å². The van der Waals surface area contributed by atoms with Gasteiger partial charge in [-0.25, -0.2) is 0 Å². The smallest absolute Gasteiger partial charge is 0.309 e. The molecule has 0 atom stereocenters. The van der Waals surface area contributed by atoms with Crippen LogP contribution in [0.4, 0.5) is 11.4 Å². The summed E-state index contributed by atoms with van der Waals surface area (Å²) in [4.78, 5) is 22.8.